The highest BCUT2D eigenvalue weighted by Gasteiger charge is 2.30. The van der Waals surface area contributed by atoms with E-state index in [1.165, 1.54) is 0 Å². The molecule has 0 radical (unpaired) electrons. The minimum Gasteiger partial charge on any atom is -0.312 e. The fraction of sp³-hybridized carbons (Fsp3) is 0.417. The van der Waals surface area contributed by atoms with Gasteiger partial charge in [0.15, 0.2) is 0 Å². The van der Waals surface area contributed by atoms with E-state index < -0.39 is 0 Å². The number of nitrogens with zero attached hydrogens (tertiary/aromatic N) is 1. The van der Waals surface area contributed by atoms with Gasteiger partial charge in [0.25, 0.3) is 0 Å². The number of amides is 1. The number of para-hydroxylation sites is 1. The highest BCUT2D eigenvalue weighted by atomic mass is 32.1. The molecule has 0 spiro atoms. The van der Waals surface area contributed by atoms with Crippen LogP contribution in [-0.2, 0) is 4.79 Å². The van der Waals surface area contributed by atoms with Crippen molar-refractivity contribution in [2.24, 2.45) is 5.92 Å². The molecule has 1 amide bonds. The van der Waals surface area contributed by atoms with Crippen LogP contribution < -0.4 is 4.90 Å². The van der Waals surface area contributed by atoms with Crippen LogP contribution in [0.3, 0.4) is 0 Å². The molecule has 3 heteroatoms. The summed E-state index contributed by atoms with van der Waals surface area (Å²) in [5, 5.41) is 0. The lowest BCUT2D eigenvalue weighted by molar-refractivity contribution is -0.117. The first kappa shape index (κ1) is 10.6. The van der Waals surface area contributed by atoms with Crippen LogP contribution in [0.1, 0.15) is 12.0 Å². The SMILES string of the molecule is Cc1ccccc1N1CC(CS)CC1=O. The zero-order chi connectivity index (χ0) is 10.8. The van der Waals surface area contributed by atoms with Crippen molar-refractivity contribution >= 4 is 24.2 Å². The van der Waals surface area contributed by atoms with Gasteiger partial charge < -0.3 is 4.90 Å². The molecular formula is C12H15NOS. The Balaban J connectivity index is 2.25. The van der Waals surface area contributed by atoms with Crippen LogP contribution in [-0.4, -0.2) is 18.2 Å². The summed E-state index contributed by atoms with van der Waals surface area (Å²) in [7, 11) is 0. The van der Waals surface area contributed by atoms with E-state index in [0.717, 1.165) is 23.5 Å². The summed E-state index contributed by atoms with van der Waals surface area (Å²) in [5.74, 6) is 1.41. The maximum atomic E-state index is 11.8. The number of hydrogen-bond donors (Lipinski definition) is 1. The number of aryl methyl sites for hydroxylation is 1. The summed E-state index contributed by atoms with van der Waals surface area (Å²) < 4.78 is 0. The van der Waals surface area contributed by atoms with Gasteiger partial charge >= 0.3 is 0 Å². The summed E-state index contributed by atoms with van der Waals surface area (Å²) in [5.41, 5.74) is 2.21. The molecule has 1 saturated heterocycles. The third-order valence-corrected chi connectivity index (χ3v) is 3.39. The predicted molar refractivity (Wildman–Crippen MR) is 65.5 cm³/mol. The number of benzene rings is 1. The lowest BCUT2D eigenvalue weighted by Gasteiger charge is -2.18. The first-order chi connectivity index (χ1) is 7.22. The molecule has 80 valence electrons. The van der Waals surface area contributed by atoms with Crippen LogP contribution in [0, 0.1) is 12.8 Å². The topological polar surface area (TPSA) is 20.3 Å². The zero-order valence-electron chi connectivity index (χ0n) is 8.81. The van der Waals surface area contributed by atoms with Crippen molar-refractivity contribution in [1.29, 1.82) is 0 Å². The molecule has 1 fully saturated rings. The number of carbonyl (C=O) groups excluding carboxylic acids is 1. The molecule has 15 heavy (non-hydrogen) atoms. The second kappa shape index (κ2) is 4.27. The smallest absolute Gasteiger partial charge is 0.227 e. The number of rotatable bonds is 2. The number of anilines is 1. The van der Waals surface area contributed by atoms with Gasteiger partial charge in [-0.2, -0.15) is 12.6 Å². The molecule has 0 saturated carbocycles. The maximum absolute atomic E-state index is 11.8. The van der Waals surface area contributed by atoms with E-state index in [2.05, 4.69) is 12.6 Å². The third-order valence-electron chi connectivity index (χ3n) is 2.87. The summed E-state index contributed by atoms with van der Waals surface area (Å²) in [6.45, 7) is 2.85. The van der Waals surface area contributed by atoms with Crippen LogP contribution in [0.4, 0.5) is 5.69 Å². The summed E-state index contributed by atoms with van der Waals surface area (Å²) in [6.07, 6.45) is 0.637. The van der Waals surface area contributed by atoms with Gasteiger partial charge in [-0.25, -0.2) is 0 Å². The van der Waals surface area contributed by atoms with Gasteiger partial charge in [-0.15, -0.1) is 0 Å². The molecule has 2 nitrogen and oxygen atoms in total. The number of thiol groups is 1. The van der Waals surface area contributed by atoms with Gasteiger partial charge in [-0.3, -0.25) is 4.79 Å². The zero-order valence-corrected chi connectivity index (χ0v) is 9.71. The Kier molecular flexibility index (Phi) is 3.00. The Hall–Kier alpha value is -0.960. The Morgan fingerprint density at radius 1 is 1.47 bits per heavy atom. The average molecular weight is 221 g/mol. The molecule has 1 unspecified atom stereocenters. The molecule has 0 aromatic heterocycles. The van der Waals surface area contributed by atoms with Crippen molar-refractivity contribution in [3.63, 3.8) is 0 Å². The molecule has 1 atom stereocenters. The van der Waals surface area contributed by atoms with E-state index in [9.17, 15) is 4.79 Å². The molecule has 1 aromatic rings. The molecule has 0 N–H and O–H groups in total. The van der Waals surface area contributed by atoms with Gasteiger partial charge in [0.1, 0.15) is 0 Å². The Bertz CT molecular complexity index is 378. The maximum Gasteiger partial charge on any atom is 0.227 e. The largest absolute Gasteiger partial charge is 0.312 e. The van der Waals surface area contributed by atoms with Crippen LogP contribution in [0.25, 0.3) is 0 Å². The van der Waals surface area contributed by atoms with E-state index >= 15 is 0 Å². The van der Waals surface area contributed by atoms with Gasteiger partial charge in [0.2, 0.25) is 5.91 Å². The van der Waals surface area contributed by atoms with E-state index in [1.54, 1.807) is 0 Å². The molecule has 1 heterocycles. The van der Waals surface area contributed by atoms with Crippen LogP contribution in [0.5, 0.6) is 0 Å². The minimum absolute atomic E-state index is 0.225. The standard InChI is InChI=1S/C12H15NOS/c1-9-4-2-3-5-11(9)13-7-10(8-15)6-12(13)14/h2-5,10,15H,6-8H2,1H3. The van der Waals surface area contributed by atoms with E-state index in [4.69, 9.17) is 0 Å². The van der Waals surface area contributed by atoms with Crippen LogP contribution >= 0.6 is 12.6 Å². The van der Waals surface area contributed by atoms with Gasteiger partial charge in [0, 0.05) is 18.7 Å². The lowest BCUT2D eigenvalue weighted by atomic mass is 10.1. The van der Waals surface area contributed by atoms with Gasteiger partial charge in [-0.05, 0) is 30.2 Å². The monoisotopic (exact) mass is 221 g/mol. The van der Waals surface area contributed by atoms with E-state index in [-0.39, 0.29) is 5.91 Å². The van der Waals surface area contributed by atoms with Crippen molar-refractivity contribution in [3.05, 3.63) is 29.8 Å². The Morgan fingerprint density at radius 3 is 2.80 bits per heavy atom. The van der Waals surface area contributed by atoms with Crippen LogP contribution in [0.2, 0.25) is 0 Å². The molecule has 0 bridgehead atoms. The number of hydrogen-bond acceptors (Lipinski definition) is 2. The number of carbonyl (C=O) groups is 1. The molecular weight excluding hydrogens is 206 g/mol. The molecule has 1 aliphatic heterocycles. The lowest BCUT2D eigenvalue weighted by Crippen LogP contribution is -2.25. The molecule has 2 rings (SSSR count). The molecule has 1 aromatic carbocycles. The summed E-state index contributed by atoms with van der Waals surface area (Å²) in [6, 6.07) is 8.02. The van der Waals surface area contributed by atoms with E-state index in [1.807, 2.05) is 36.1 Å². The van der Waals surface area contributed by atoms with Crippen molar-refractivity contribution in [2.45, 2.75) is 13.3 Å². The fourth-order valence-corrected chi connectivity index (χ4v) is 2.25. The highest BCUT2D eigenvalue weighted by Crippen LogP contribution is 2.27. The average Bonchev–Trinajstić information content (AvgIpc) is 2.60. The summed E-state index contributed by atoms with van der Waals surface area (Å²) >= 11 is 4.26. The highest BCUT2D eigenvalue weighted by molar-refractivity contribution is 7.80. The van der Waals surface area contributed by atoms with Crippen molar-refractivity contribution in [2.75, 3.05) is 17.2 Å². The third kappa shape index (κ3) is 2.02. The Labute approximate surface area is 95.7 Å². The first-order valence-electron chi connectivity index (χ1n) is 5.19. The van der Waals surface area contributed by atoms with Gasteiger partial charge in [0.05, 0.1) is 0 Å². The molecule has 1 aliphatic rings. The van der Waals surface area contributed by atoms with Crippen molar-refractivity contribution in [3.8, 4) is 0 Å². The van der Waals surface area contributed by atoms with E-state index in [0.29, 0.717) is 12.3 Å². The first-order valence-corrected chi connectivity index (χ1v) is 5.82. The quantitative estimate of drug-likeness (QED) is 0.760. The normalized spacial score (nSPS) is 21.1. The van der Waals surface area contributed by atoms with Crippen molar-refractivity contribution < 1.29 is 4.79 Å². The summed E-state index contributed by atoms with van der Waals surface area (Å²) in [4.78, 5) is 13.7. The van der Waals surface area contributed by atoms with Crippen LogP contribution in [0.15, 0.2) is 24.3 Å². The predicted octanol–water partition coefficient (Wildman–Crippen LogP) is 2.28. The second-order valence-electron chi connectivity index (χ2n) is 4.04. The van der Waals surface area contributed by atoms with Crippen molar-refractivity contribution in [1.82, 2.24) is 0 Å². The Morgan fingerprint density at radius 2 is 2.20 bits per heavy atom. The minimum atomic E-state index is 0.225. The molecule has 0 aliphatic carbocycles. The van der Waals surface area contributed by atoms with Gasteiger partial charge in [-0.1, -0.05) is 18.2 Å². The second-order valence-corrected chi connectivity index (χ2v) is 4.41. The fourth-order valence-electron chi connectivity index (χ4n) is 2.00.